The van der Waals surface area contributed by atoms with Crippen LogP contribution in [0.15, 0.2) is 48.9 Å². The maximum Gasteiger partial charge on any atom is 0.274 e. The van der Waals surface area contributed by atoms with E-state index in [4.69, 9.17) is 0 Å². The highest BCUT2D eigenvalue weighted by Gasteiger charge is 2.47. The summed E-state index contributed by atoms with van der Waals surface area (Å²) in [5.41, 5.74) is 1.26. The van der Waals surface area contributed by atoms with Crippen LogP contribution >= 0.6 is 0 Å². The normalized spacial score (nSPS) is 23.2. The quantitative estimate of drug-likeness (QED) is 0.836. The van der Waals surface area contributed by atoms with Gasteiger partial charge in [-0.2, -0.15) is 0 Å². The van der Waals surface area contributed by atoms with Crippen molar-refractivity contribution in [2.45, 2.75) is 0 Å². The van der Waals surface area contributed by atoms with Gasteiger partial charge in [0.25, 0.3) is 5.91 Å². The van der Waals surface area contributed by atoms with Crippen LogP contribution in [0.4, 0.5) is 5.69 Å². The third kappa shape index (κ3) is 2.36. The summed E-state index contributed by atoms with van der Waals surface area (Å²) in [7, 11) is 0. The Bertz CT molecular complexity index is 735. The van der Waals surface area contributed by atoms with Crippen molar-refractivity contribution in [3.05, 3.63) is 54.6 Å². The topological polar surface area (TPSA) is 66.4 Å². The summed E-state index contributed by atoms with van der Waals surface area (Å²) in [4.78, 5) is 36.6. The maximum absolute atomic E-state index is 12.7. The average Bonchev–Trinajstić information content (AvgIpc) is 3.16. The van der Waals surface area contributed by atoms with E-state index < -0.39 is 0 Å². The second-order valence-electron chi connectivity index (χ2n) is 5.95. The summed E-state index contributed by atoms with van der Waals surface area (Å²) < 4.78 is 0. The number of rotatable bonds is 2. The molecule has 0 saturated carbocycles. The molecule has 0 N–H and O–H groups in total. The molecule has 3 heterocycles. The first-order valence-electron chi connectivity index (χ1n) is 7.66. The number of hydrogen-bond acceptors (Lipinski definition) is 4. The van der Waals surface area contributed by atoms with Gasteiger partial charge in [0.1, 0.15) is 5.69 Å². The van der Waals surface area contributed by atoms with Crippen LogP contribution in [0, 0.1) is 11.8 Å². The molecule has 2 aliphatic heterocycles. The molecule has 2 atom stereocenters. The molecule has 0 spiro atoms. The molecule has 0 unspecified atom stereocenters. The number of fused-ring (bicyclic) bond motifs is 1. The van der Waals surface area contributed by atoms with Crippen molar-refractivity contribution in [1.29, 1.82) is 0 Å². The molecule has 2 saturated heterocycles. The number of nitrogens with zero attached hydrogens (tertiary/aromatic N) is 4. The van der Waals surface area contributed by atoms with E-state index in [1.54, 1.807) is 4.90 Å². The van der Waals surface area contributed by atoms with Gasteiger partial charge in [-0.05, 0) is 12.1 Å². The molecule has 4 rings (SSSR count). The van der Waals surface area contributed by atoms with Crippen LogP contribution in [-0.2, 0) is 4.79 Å². The van der Waals surface area contributed by atoms with E-state index in [0.29, 0.717) is 25.3 Å². The predicted octanol–water partition coefficient (Wildman–Crippen LogP) is 1.21. The van der Waals surface area contributed by atoms with Crippen LogP contribution < -0.4 is 4.90 Å². The highest BCUT2D eigenvalue weighted by atomic mass is 16.2. The fraction of sp³-hybridized carbons (Fsp3) is 0.294. The van der Waals surface area contributed by atoms with Gasteiger partial charge in [0, 0.05) is 43.6 Å². The number of amides is 2. The Morgan fingerprint density at radius 2 is 1.91 bits per heavy atom. The number of hydrogen-bond donors (Lipinski definition) is 0. The van der Waals surface area contributed by atoms with E-state index in [-0.39, 0.29) is 23.7 Å². The second kappa shape index (κ2) is 5.46. The van der Waals surface area contributed by atoms with Crippen molar-refractivity contribution in [1.82, 2.24) is 14.9 Å². The van der Waals surface area contributed by atoms with E-state index in [0.717, 1.165) is 5.69 Å². The summed E-state index contributed by atoms with van der Waals surface area (Å²) >= 11 is 0. The molecule has 6 nitrogen and oxygen atoms in total. The van der Waals surface area contributed by atoms with Crippen LogP contribution in [0.25, 0.3) is 0 Å². The Morgan fingerprint density at radius 1 is 1.09 bits per heavy atom. The first-order valence-corrected chi connectivity index (χ1v) is 7.66. The van der Waals surface area contributed by atoms with Crippen molar-refractivity contribution in [3.8, 4) is 0 Å². The van der Waals surface area contributed by atoms with Gasteiger partial charge >= 0.3 is 0 Å². The fourth-order valence-electron chi connectivity index (χ4n) is 3.44. The van der Waals surface area contributed by atoms with Gasteiger partial charge in [0.2, 0.25) is 5.91 Å². The minimum atomic E-state index is -0.147. The summed E-state index contributed by atoms with van der Waals surface area (Å²) in [6.07, 6.45) is 4.51. The number of carbonyl (C=O) groups is 2. The van der Waals surface area contributed by atoms with E-state index in [1.165, 1.54) is 18.6 Å². The van der Waals surface area contributed by atoms with Gasteiger partial charge < -0.3 is 9.80 Å². The number of para-hydroxylation sites is 1. The Labute approximate surface area is 133 Å². The van der Waals surface area contributed by atoms with Crippen LogP contribution in [0.5, 0.6) is 0 Å². The number of likely N-dealkylation sites (tertiary alicyclic amines) is 1. The highest BCUT2D eigenvalue weighted by molar-refractivity contribution is 5.99. The SMILES string of the molecule is O=C(c1cnccn1)N1C[C@H]2CN(c3ccccc3)C(=O)[C@H]2C1. The molecule has 0 aliphatic carbocycles. The van der Waals surface area contributed by atoms with Crippen LogP contribution in [0.2, 0.25) is 0 Å². The highest BCUT2D eigenvalue weighted by Crippen LogP contribution is 2.35. The Kier molecular flexibility index (Phi) is 3.29. The molecule has 6 heteroatoms. The molecule has 2 fully saturated rings. The van der Waals surface area contributed by atoms with Crippen LogP contribution in [0.3, 0.4) is 0 Å². The van der Waals surface area contributed by atoms with Gasteiger partial charge in [0.15, 0.2) is 0 Å². The van der Waals surface area contributed by atoms with E-state index in [9.17, 15) is 9.59 Å². The molecular weight excluding hydrogens is 292 g/mol. The average molecular weight is 308 g/mol. The van der Waals surface area contributed by atoms with Crippen molar-refractivity contribution >= 4 is 17.5 Å². The van der Waals surface area contributed by atoms with Gasteiger partial charge in [-0.1, -0.05) is 18.2 Å². The van der Waals surface area contributed by atoms with Crippen LogP contribution in [0.1, 0.15) is 10.5 Å². The molecule has 1 aromatic heterocycles. The molecule has 1 aromatic carbocycles. The minimum absolute atomic E-state index is 0.107. The monoisotopic (exact) mass is 308 g/mol. The standard InChI is InChI=1S/C17H16N4O2/c22-16-14-11-20(17(23)15-8-18-6-7-19-15)9-12(14)10-21(16)13-4-2-1-3-5-13/h1-8,12,14H,9-11H2/t12-,14-/m0/s1. The third-order valence-electron chi connectivity index (χ3n) is 4.58. The maximum atomic E-state index is 12.7. The molecule has 0 bridgehead atoms. The third-order valence-corrected chi connectivity index (χ3v) is 4.58. The largest absolute Gasteiger partial charge is 0.336 e. The smallest absolute Gasteiger partial charge is 0.274 e. The zero-order valence-electron chi connectivity index (χ0n) is 12.5. The van der Waals surface area contributed by atoms with Gasteiger partial charge in [0.05, 0.1) is 12.1 Å². The lowest BCUT2D eigenvalue weighted by molar-refractivity contribution is -0.120. The molecule has 2 aromatic rings. The van der Waals surface area contributed by atoms with Crippen LogP contribution in [-0.4, -0.2) is 46.3 Å². The molecule has 2 aliphatic rings. The number of anilines is 1. The molecule has 23 heavy (non-hydrogen) atoms. The molecule has 0 radical (unpaired) electrons. The zero-order chi connectivity index (χ0) is 15.8. The van der Waals surface area contributed by atoms with Gasteiger partial charge in [-0.15, -0.1) is 0 Å². The summed E-state index contributed by atoms with van der Waals surface area (Å²) in [5, 5.41) is 0. The first kappa shape index (κ1) is 13.9. The Morgan fingerprint density at radius 3 is 2.61 bits per heavy atom. The number of carbonyl (C=O) groups excluding carboxylic acids is 2. The fourth-order valence-corrected chi connectivity index (χ4v) is 3.44. The Hall–Kier alpha value is -2.76. The van der Waals surface area contributed by atoms with Crippen molar-refractivity contribution < 1.29 is 9.59 Å². The summed E-state index contributed by atoms with van der Waals surface area (Å²) in [6.45, 7) is 1.72. The summed E-state index contributed by atoms with van der Waals surface area (Å²) in [6, 6.07) is 9.69. The minimum Gasteiger partial charge on any atom is -0.336 e. The number of aromatic nitrogens is 2. The molecule has 2 amide bonds. The zero-order valence-corrected chi connectivity index (χ0v) is 12.5. The van der Waals surface area contributed by atoms with E-state index in [2.05, 4.69) is 9.97 Å². The molecular formula is C17H16N4O2. The molecule has 116 valence electrons. The van der Waals surface area contributed by atoms with Crippen molar-refractivity contribution in [2.75, 3.05) is 24.5 Å². The van der Waals surface area contributed by atoms with Gasteiger partial charge in [-0.3, -0.25) is 14.6 Å². The van der Waals surface area contributed by atoms with Crippen molar-refractivity contribution in [2.24, 2.45) is 11.8 Å². The Balaban J connectivity index is 1.49. The van der Waals surface area contributed by atoms with E-state index in [1.807, 2.05) is 35.2 Å². The lowest BCUT2D eigenvalue weighted by Gasteiger charge is -2.21. The van der Waals surface area contributed by atoms with Gasteiger partial charge in [-0.25, -0.2) is 4.98 Å². The lowest BCUT2D eigenvalue weighted by Crippen LogP contribution is -2.36. The van der Waals surface area contributed by atoms with Crippen molar-refractivity contribution in [3.63, 3.8) is 0 Å². The lowest BCUT2D eigenvalue weighted by atomic mass is 10.0. The summed E-state index contributed by atoms with van der Waals surface area (Å²) in [5.74, 6) is 0.0290. The first-order chi connectivity index (χ1) is 11.2. The second-order valence-corrected chi connectivity index (χ2v) is 5.95. The van der Waals surface area contributed by atoms with E-state index >= 15 is 0 Å². The predicted molar refractivity (Wildman–Crippen MR) is 83.7 cm³/mol. The number of benzene rings is 1.